The Bertz CT molecular complexity index is 854. The summed E-state index contributed by atoms with van der Waals surface area (Å²) in [6, 6.07) is 15.1. The van der Waals surface area contributed by atoms with Crippen LogP contribution >= 0.6 is 0 Å². The Morgan fingerprint density at radius 2 is 1.84 bits per heavy atom. The van der Waals surface area contributed by atoms with E-state index in [1.807, 2.05) is 12.1 Å². The van der Waals surface area contributed by atoms with E-state index in [2.05, 4.69) is 45.0 Å². The highest BCUT2D eigenvalue weighted by Gasteiger charge is 2.04. The van der Waals surface area contributed by atoms with Crippen LogP contribution in [0.5, 0.6) is 0 Å². The minimum atomic E-state index is -0.204. The zero-order valence-electron chi connectivity index (χ0n) is 14.3. The van der Waals surface area contributed by atoms with Crippen LogP contribution in [0.15, 0.2) is 59.7 Å². The lowest BCUT2D eigenvalue weighted by Gasteiger charge is -2.12. The first-order valence-electron chi connectivity index (χ1n) is 8.51. The second-order valence-electron chi connectivity index (χ2n) is 5.91. The molecule has 2 aromatic carbocycles. The van der Waals surface area contributed by atoms with E-state index in [0.717, 1.165) is 19.4 Å². The third-order valence-electron chi connectivity index (χ3n) is 4.22. The highest BCUT2D eigenvalue weighted by Crippen LogP contribution is 2.18. The molecule has 130 valence electrons. The Morgan fingerprint density at radius 3 is 2.68 bits per heavy atom. The van der Waals surface area contributed by atoms with Gasteiger partial charge in [0.05, 0.1) is 0 Å². The van der Waals surface area contributed by atoms with Gasteiger partial charge in [0.1, 0.15) is 5.82 Å². The summed E-state index contributed by atoms with van der Waals surface area (Å²) in [5.74, 6) is 0.479. The van der Waals surface area contributed by atoms with Crippen LogP contribution in [-0.2, 0) is 13.0 Å². The van der Waals surface area contributed by atoms with Gasteiger partial charge in [0, 0.05) is 42.8 Å². The van der Waals surface area contributed by atoms with Crippen molar-refractivity contribution in [2.24, 2.45) is 4.99 Å². The molecule has 0 saturated carbocycles. The first-order chi connectivity index (χ1) is 12.3. The van der Waals surface area contributed by atoms with E-state index in [4.69, 9.17) is 0 Å². The monoisotopic (exact) mass is 338 g/mol. The van der Waals surface area contributed by atoms with Crippen molar-refractivity contribution < 1.29 is 4.39 Å². The van der Waals surface area contributed by atoms with Crippen molar-refractivity contribution in [3.05, 3.63) is 71.7 Å². The number of para-hydroxylation sites is 1. The Labute approximate surface area is 147 Å². The second-order valence-corrected chi connectivity index (χ2v) is 5.91. The summed E-state index contributed by atoms with van der Waals surface area (Å²) in [4.78, 5) is 7.48. The number of aliphatic imine (C=N–C) groups is 1. The van der Waals surface area contributed by atoms with E-state index in [1.54, 1.807) is 19.2 Å². The van der Waals surface area contributed by atoms with Crippen LogP contribution in [0.25, 0.3) is 10.9 Å². The van der Waals surface area contributed by atoms with E-state index in [0.29, 0.717) is 18.1 Å². The number of hydrogen-bond acceptors (Lipinski definition) is 1. The van der Waals surface area contributed by atoms with Gasteiger partial charge in [-0.25, -0.2) is 4.39 Å². The standard InChI is InChI=1S/C20H23FN4/c1-22-20(25-14-16-7-2-4-10-18(16)21)23-12-6-8-15-13-24-19-11-5-3-9-17(15)19/h2-5,7,9-11,13,24H,6,8,12,14H2,1H3,(H2,22,23,25). The lowest BCUT2D eigenvalue weighted by Crippen LogP contribution is -2.37. The molecule has 0 aliphatic carbocycles. The number of H-pyrrole nitrogens is 1. The summed E-state index contributed by atoms with van der Waals surface area (Å²) in [5, 5.41) is 7.70. The zero-order valence-corrected chi connectivity index (χ0v) is 14.3. The van der Waals surface area contributed by atoms with Gasteiger partial charge in [-0.2, -0.15) is 0 Å². The number of halogens is 1. The van der Waals surface area contributed by atoms with Crippen LogP contribution in [-0.4, -0.2) is 24.5 Å². The first-order valence-corrected chi connectivity index (χ1v) is 8.51. The Kier molecular flexibility index (Phi) is 5.67. The summed E-state index contributed by atoms with van der Waals surface area (Å²) < 4.78 is 13.6. The summed E-state index contributed by atoms with van der Waals surface area (Å²) >= 11 is 0. The number of nitrogens with one attached hydrogen (secondary N) is 3. The van der Waals surface area contributed by atoms with Gasteiger partial charge in [0.2, 0.25) is 0 Å². The van der Waals surface area contributed by atoms with Crippen LogP contribution in [0.2, 0.25) is 0 Å². The maximum Gasteiger partial charge on any atom is 0.191 e. The minimum Gasteiger partial charge on any atom is -0.361 e. The van der Waals surface area contributed by atoms with Gasteiger partial charge < -0.3 is 15.6 Å². The van der Waals surface area contributed by atoms with Gasteiger partial charge in [-0.05, 0) is 30.5 Å². The highest BCUT2D eigenvalue weighted by atomic mass is 19.1. The molecule has 3 N–H and O–H groups in total. The topological polar surface area (TPSA) is 52.2 Å². The van der Waals surface area contributed by atoms with Crippen molar-refractivity contribution in [2.75, 3.05) is 13.6 Å². The van der Waals surface area contributed by atoms with Crippen molar-refractivity contribution >= 4 is 16.9 Å². The Balaban J connectivity index is 1.45. The van der Waals surface area contributed by atoms with Crippen LogP contribution < -0.4 is 10.6 Å². The van der Waals surface area contributed by atoms with Crippen LogP contribution in [0.3, 0.4) is 0 Å². The molecular formula is C20H23FN4. The largest absolute Gasteiger partial charge is 0.361 e. The molecule has 0 aliphatic rings. The average Bonchev–Trinajstić information content (AvgIpc) is 3.05. The molecule has 3 aromatic rings. The average molecular weight is 338 g/mol. The van der Waals surface area contributed by atoms with Gasteiger partial charge >= 0.3 is 0 Å². The maximum absolute atomic E-state index is 13.6. The quantitative estimate of drug-likeness (QED) is 0.365. The molecule has 0 spiro atoms. The molecule has 1 aromatic heterocycles. The van der Waals surface area contributed by atoms with Gasteiger partial charge in [-0.1, -0.05) is 36.4 Å². The van der Waals surface area contributed by atoms with E-state index in [-0.39, 0.29) is 5.82 Å². The number of aromatic nitrogens is 1. The molecule has 5 heteroatoms. The number of fused-ring (bicyclic) bond motifs is 1. The maximum atomic E-state index is 13.6. The molecule has 4 nitrogen and oxygen atoms in total. The lowest BCUT2D eigenvalue weighted by molar-refractivity contribution is 0.604. The molecule has 25 heavy (non-hydrogen) atoms. The Hall–Kier alpha value is -2.82. The fraction of sp³-hybridized carbons (Fsp3) is 0.250. The number of nitrogens with zero attached hydrogens (tertiary/aromatic N) is 1. The minimum absolute atomic E-state index is 0.204. The smallest absolute Gasteiger partial charge is 0.191 e. The molecule has 0 aliphatic heterocycles. The molecule has 3 rings (SSSR count). The van der Waals surface area contributed by atoms with Crippen LogP contribution in [0, 0.1) is 5.82 Å². The predicted molar refractivity (Wildman–Crippen MR) is 101 cm³/mol. The molecule has 0 saturated heterocycles. The Morgan fingerprint density at radius 1 is 1.04 bits per heavy atom. The summed E-state index contributed by atoms with van der Waals surface area (Å²) in [7, 11) is 1.72. The molecule has 1 heterocycles. The van der Waals surface area contributed by atoms with Gasteiger partial charge in [0.25, 0.3) is 0 Å². The third-order valence-corrected chi connectivity index (χ3v) is 4.22. The van der Waals surface area contributed by atoms with Gasteiger partial charge in [-0.3, -0.25) is 4.99 Å². The molecule has 0 atom stereocenters. The number of guanidine groups is 1. The molecule has 0 amide bonds. The van der Waals surface area contributed by atoms with E-state index >= 15 is 0 Å². The second kappa shape index (κ2) is 8.33. The summed E-state index contributed by atoms with van der Waals surface area (Å²) in [6.45, 7) is 1.21. The number of rotatable bonds is 6. The molecular weight excluding hydrogens is 315 g/mol. The summed E-state index contributed by atoms with van der Waals surface area (Å²) in [6.07, 6.45) is 4.06. The van der Waals surface area contributed by atoms with Crippen molar-refractivity contribution in [1.82, 2.24) is 15.6 Å². The molecule has 0 bridgehead atoms. The van der Waals surface area contributed by atoms with Gasteiger partial charge in [-0.15, -0.1) is 0 Å². The van der Waals surface area contributed by atoms with Crippen LogP contribution in [0.4, 0.5) is 4.39 Å². The fourth-order valence-electron chi connectivity index (χ4n) is 2.87. The fourth-order valence-corrected chi connectivity index (χ4v) is 2.87. The summed E-state index contributed by atoms with van der Waals surface area (Å²) in [5.41, 5.74) is 3.13. The van der Waals surface area contributed by atoms with Crippen molar-refractivity contribution in [2.45, 2.75) is 19.4 Å². The third kappa shape index (κ3) is 4.38. The number of hydrogen-bond donors (Lipinski definition) is 3. The van der Waals surface area contributed by atoms with Crippen molar-refractivity contribution in [1.29, 1.82) is 0 Å². The van der Waals surface area contributed by atoms with Crippen LogP contribution in [0.1, 0.15) is 17.5 Å². The zero-order chi connectivity index (χ0) is 17.5. The predicted octanol–water partition coefficient (Wildman–Crippen LogP) is 3.60. The SMILES string of the molecule is CN=C(NCCCc1c[nH]c2ccccc12)NCc1ccccc1F. The first kappa shape index (κ1) is 17.0. The highest BCUT2D eigenvalue weighted by molar-refractivity contribution is 5.83. The molecule has 0 radical (unpaired) electrons. The molecule has 0 fully saturated rings. The number of aryl methyl sites for hydroxylation is 1. The normalized spacial score (nSPS) is 11.7. The van der Waals surface area contributed by atoms with Gasteiger partial charge in [0.15, 0.2) is 5.96 Å². The van der Waals surface area contributed by atoms with E-state index in [9.17, 15) is 4.39 Å². The van der Waals surface area contributed by atoms with E-state index < -0.39 is 0 Å². The van der Waals surface area contributed by atoms with Crippen molar-refractivity contribution in [3.8, 4) is 0 Å². The molecule has 0 unspecified atom stereocenters. The number of benzene rings is 2. The number of aromatic amines is 1. The van der Waals surface area contributed by atoms with E-state index in [1.165, 1.54) is 22.5 Å². The van der Waals surface area contributed by atoms with Crippen molar-refractivity contribution in [3.63, 3.8) is 0 Å². The lowest BCUT2D eigenvalue weighted by atomic mass is 10.1.